The first kappa shape index (κ1) is 82.9. The highest BCUT2D eigenvalue weighted by Gasteiger charge is 2.48. The minimum atomic E-state index is -3.23. The highest BCUT2D eigenvalue weighted by molar-refractivity contribution is 5.88. The van der Waals surface area contributed by atoms with E-state index < -0.39 is 42.7 Å². The van der Waals surface area contributed by atoms with Gasteiger partial charge in [-0.3, -0.25) is 0 Å². The van der Waals surface area contributed by atoms with Crippen molar-refractivity contribution >= 4 is 83.7 Å². The number of aliphatic hydroxyl groups excluding tert-OH is 6. The van der Waals surface area contributed by atoms with Gasteiger partial charge in [-0.25, -0.2) is 44.9 Å². The zero-order valence-corrected chi connectivity index (χ0v) is 70.1. The first-order valence-electron chi connectivity index (χ1n) is 43.4. The third-order valence-corrected chi connectivity index (χ3v) is 28.6. The number of aliphatic hydroxyl groups is 6. The van der Waals surface area contributed by atoms with Crippen molar-refractivity contribution < 1.29 is 44.2 Å². The molecule has 28 nitrogen and oxygen atoms in total. The first-order valence-corrected chi connectivity index (χ1v) is 43.4. The fourth-order valence-electron chi connectivity index (χ4n) is 20.8. The van der Waals surface area contributed by atoms with E-state index in [-0.39, 0.29) is 47.0 Å². The van der Waals surface area contributed by atoms with Crippen LogP contribution in [0, 0.1) is 35.5 Å². The Morgan fingerprint density at radius 2 is 0.867 bits per heavy atom. The minimum absolute atomic E-state index is 0.00307. The molecule has 0 saturated heterocycles. The Balaban J connectivity index is 0.000000128. The maximum absolute atomic E-state index is 13.2. The smallest absolute Gasteiger partial charge is 0.394 e. The number of rotatable bonds is 25. The molecule has 120 heavy (non-hydrogen) atoms. The van der Waals surface area contributed by atoms with Crippen LogP contribution < -0.4 is 21.9 Å². The van der Waals surface area contributed by atoms with E-state index in [0.29, 0.717) is 114 Å². The molecule has 7 aliphatic carbocycles. The summed E-state index contributed by atoms with van der Waals surface area (Å²) in [5, 5.41) is 67.9. The lowest BCUT2D eigenvalue weighted by Crippen LogP contribution is -2.48. The first-order chi connectivity index (χ1) is 57.5. The number of halogens is 2. The van der Waals surface area contributed by atoms with Gasteiger partial charge in [0.1, 0.15) is 94.9 Å². The lowest BCUT2D eigenvalue weighted by molar-refractivity contribution is -0.158. The van der Waals surface area contributed by atoms with Crippen LogP contribution in [0.15, 0.2) is 110 Å². The molecule has 640 valence electrons. The number of aromatic amines is 3. The van der Waals surface area contributed by atoms with Crippen molar-refractivity contribution in [3.8, 4) is 5.75 Å². The molecule has 7 aliphatic rings. The number of hydrogen-bond donors (Lipinski definition) is 12. The number of imidazole rings is 3. The summed E-state index contributed by atoms with van der Waals surface area (Å²) in [6.07, 6.45) is 20.6. The summed E-state index contributed by atoms with van der Waals surface area (Å²) in [5.74, 6) is 6.30. The van der Waals surface area contributed by atoms with Crippen LogP contribution in [0.25, 0.3) is 66.2 Å². The molecule has 0 amide bonds. The van der Waals surface area contributed by atoms with E-state index in [2.05, 4.69) is 154 Å². The minimum Gasteiger partial charge on any atom is -0.433 e. The van der Waals surface area contributed by atoms with Gasteiger partial charge < -0.3 is 95.9 Å². The van der Waals surface area contributed by atoms with Crippen LogP contribution in [-0.2, 0) is 30.1 Å². The number of nitrogens with one attached hydrogen (secondary N) is 3. The fraction of sp³-hybridized carbons (Fsp3) is 0.567. The summed E-state index contributed by atoms with van der Waals surface area (Å²) in [6, 6.07) is 24.4. The van der Waals surface area contributed by atoms with Crippen molar-refractivity contribution in [2.45, 2.75) is 247 Å². The molecule has 12 atom stereocenters. The van der Waals surface area contributed by atoms with Crippen molar-refractivity contribution in [2.24, 2.45) is 35.5 Å². The van der Waals surface area contributed by atoms with Crippen molar-refractivity contribution in [3.05, 3.63) is 139 Å². The van der Waals surface area contributed by atoms with Crippen LogP contribution in [0.2, 0.25) is 0 Å². The average Bonchev–Trinajstić information content (AvgIpc) is 1.63. The Morgan fingerprint density at radius 1 is 0.483 bits per heavy atom. The summed E-state index contributed by atoms with van der Waals surface area (Å²) in [5.41, 5.74) is 29.1. The highest BCUT2D eigenvalue weighted by atomic mass is 19.3. The number of nitrogen functional groups attached to an aromatic ring is 3. The molecule has 19 rings (SSSR count). The number of fused-ring (bicyclic) bond motifs is 6. The molecule has 3 aromatic carbocycles. The fourth-order valence-corrected chi connectivity index (χ4v) is 20.8. The normalized spacial score (nSPS) is 28.0. The maximum Gasteiger partial charge on any atom is 0.394 e. The van der Waals surface area contributed by atoms with Crippen LogP contribution >= 0.6 is 0 Å². The largest absolute Gasteiger partial charge is 0.433 e. The predicted octanol–water partition coefficient (Wildman–Crippen LogP) is 11.7. The summed E-state index contributed by atoms with van der Waals surface area (Å²) in [6.45, 7) is 15.2. The Kier molecular flexibility index (Phi) is 23.1. The maximum atomic E-state index is 13.2. The summed E-state index contributed by atoms with van der Waals surface area (Å²) < 4.78 is 36.8. The average molecular weight is 1650 g/mol. The number of alkyl halides is 2. The van der Waals surface area contributed by atoms with E-state index in [1.54, 1.807) is 12.1 Å². The van der Waals surface area contributed by atoms with Gasteiger partial charge >= 0.3 is 6.11 Å². The van der Waals surface area contributed by atoms with Gasteiger partial charge in [-0.2, -0.15) is 8.78 Å². The zero-order valence-electron chi connectivity index (χ0n) is 70.1. The topological polar surface area (TPSA) is 397 Å². The van der Waals surface area contributed by atoms with Gasteiger partial charge in [-0.15, -0.1) is 0 Å². The van der Waals surface area contributed by atoms with E-state index in [0.717, 1.165) is 127 Å². The monoisotopic (exact) mass is 1640 g/mol. The van der Waals surface area contributed by atoms with E-state index in [1.807, 2.05) is 50.5 Å². The van der Waals surface area contributed by atoms with Gasteiger partial charge in [-0.1, -0.05) is 53.2 Å². The van der Waals surface area contributed by atoms with Gasteiger partial charge in [0.05, 0.1) is 85.7 Å². The van der Waals surface area contributed by atoms with Crippen molar-refractivity contribution in [3.63, 3.8) is 0 Å². The molecule has 0 spiro atoms. The van der Waals surface area contributed by atoms with Gasteiger partial charge in [0.2, 0.25) is 0 Å². The second-order valence-electron chi connectivity index (χ2n) is 37.6. The van der Waals surface area contributed by atoms with Gasteiger partial charge in [0.25, 0.3) is 0 Å². The molecule has 7 saturated carbocycles. The molecule has 9 aromatic heterocycles. The van der Waals surface area contributed by atoms with Crippen molar-refractivity contribution in [1.82, 2.24) is 88.2 Å². The number of aryl methyl sites for hydroxylation is 3. The molecule has 7 fully saturated rings. The summed E-state index contributed by atoms with van der Waals surface area (Å²) >= 11 is 0. The number of aromatic nitrogens is 15. The molecule has 12 aromatic rings. The molecule has 0 unspecified atom stereocenters. The van der Waals surface area contributed by atoms with Crippen LogP contribution in [-0.4, -0.2) is 220 Å². The number of H-pyrrole nitrogens is 3. The Bertz CT molecular complexity index is 5570. The van der Waals surface area contributed by atoms with E-state index in [4.69, 9.17) is 27.2 Å². The number of nitrogens with two attached hydrogens (primary N) is 3. The van der Waals surface area contributed by atoms with E-state index in [1.165, 1.54) is 86.6 Å². The van der Waals surface area contributed by atoms with Crippen molar-refractivity contribution in [2.75, 3.05) is 57.5 Å². The Morgan fingerprint density at radius 3 is 1.26 bits per heavy atom. The number of hydrogen-bond acceptors (Lipinski definition) is 22. The molecule has 0 bridgehead atoms. The number of benzene rings is 3. The van der Waals surface area contributed by atoms with Gasteiger partial charge in [0.15, 0.2) is 0 Å². The van der Waals surface area contributed by atoms with Crippen LogP contribution in [0.1, 0.15) is 185 Å². The number of ether oxygens (including phenoxy) is 1. The van der Waals surface area contributed by atoms with E-state index >= 15 is 0 Å². The van der Waals surface area contributed by atoms with Crippen LogP contribution in [0.3, 0.4) is 0 Å². The molecule has 9 heterocycles. The summed E-state index contributed by atoms with van der Waals surface area (Å²) in [7, 11) is 4.25. The molecular formula is C90H119F2N21O7. The molecular weight excluding hydrogens is 1530 g/mol. The Hall–Kier alpha value is -9.37. The predicted molar refractivity (Wildman–Crippen MR) is 460 cm³/mol. The van der Waals surface area contributed by atoms with Crippen molar-refractivity contribution in [1.29, 1.82) is 0 Å². The Labute approximate surface area is 697 Å². The van der Waals surface area contributed by atoms with E-state index in [9.17, 15) is 39.4 Å². The SMILES string of the molecule is CCN(C[C@H]1C[C@@H](n2ccc3c(N)ncnc32)[C@H](O)[C@@H]1O)C1CC(CCc2nc3ccc(C(C)(C)C)cc3[nH]2)C1.CN(C[C@H]1C[C@@H](n2ccc3c(N)ncnc32)[C@H](O)[C@@H]1O)C1CC(CCc2nc3ccc(C4(C)CCC4)cc3[nH]2)C1.CN(C[C@H]1C[C@@H](n2ccc3c(N)ncnc32)[C@H](O)[C@@H]1O)C1CC(CCc2nc3ccc(OC(C)(F)F)cc3[nH]2)C1. The number of anilines is 3. The second-order valence-corrected chi connectivity index (χ2v) is 37.6. The van der Waals surface area contributed by atoms with Gasteiger partial charge in [-0.05, 0) is 205 Å². The van der Waals surface area contributed by atoms with Gasteiger partial charge in [0, 0.05) is 106 Å². The standard InChI is InChI=1S/C31H41N7O2.C31H43N7O2.C28H35F2N7O3/c1-31(9-3-10-31)20-5-6-23-24(15-20)36-26(35-23)7-4-18-12-21(13-18)37(2)16-19-14-25(28(40)27(19)39)38-11-8-22-29(32)33-17-34-30(22)38;1-5-37(16-19-14-25(28(40)27(19)39)38-11-10-22-29(32)33-17-34-30(22)38)21-12-18(13-21)6-9-26-35-23-8-7-20(31(2,3)4)15-24(23)36-26;1-28(29,30)40-18-4-5-20-21(12-18)35-23(34-20)6-3-15-9-17(10-15)36(2)13-16-11-22(25(39)24(16)38)37-8-7-19-26(31)32-14-33-27(19)37/h5-6,8,11,15,17-19,21,25,27-28,39-40H,3-4,7,9-10,12-14,16H2,1-2H3,(H,35,36)(H2,32,33,34);7-8,10-11,15,17-19,21,25,27-28,39-40H,5-6,9,12-14,16H2,1-4H3,(H,35,36)(H2,32,33,34);4-5,7-8,12,14-17,22,24-25,38-39H,3,6,9-11,13H2,1-2H3,(H,34,35)(H2,31,32,33)/t2*18?,19-,21?,25-,27-,28+;15?,16-,17?,22-,24-,25+/m111/s1. The molecule has 30 heteroatoms. The quantitative estimate of drug-likeness (QED) is 0.0253. The lowest BCUT2D eigenvalue weighted by atomic mass is 9.66. The third kappa shape index (κ3) is 16.9. The van der Waals surface area contributed by atoms with Crippen LogP contribution in [0.4, 0.5) is 26.2 Å². The van der Waals surface area contributed by atoms with Crippen LogP contribution in [0.5, 0.6) is 5.75 Å². The lowest BCUT2D eigenvalue weighted by Gasteiger charge is -2.44. The second kappa shape index (κ2) is 33.5. The highest BCUT2D eigenvalue weighted by Crippen LogP contribution is 2.47. The number of nitrogens with zero attached hydrogens (tertiary/aromatic N) is 15. The zero-order chi connectivity index (χ0) is 84.0. The molecule has 0 radical (unpaired) electrons. The molecule has 15 N–H and O–H groups in total. The molecule has 0 aliphatic heterocycles. The third-order valence-electron chi connectivity index (χ3n) is 28.6. The summed E-state index contributed by atoms with van der Waals surface area (Å²) in [4.78, 5) is 57.2.